The monoisotopic (exact) mass is 834 g/mol. The van der Waals surface area contributed by atoms with Gasteiger partial charge in [-0.3, -0.25) is 43.6 Å². The molecule has 336 valence electrons. The maximum Gasteiger partial charge on any atom is 0.323 e. The normalized spacial score (nSPS) is 16.9. The number of esters is 4. The number of benzene rings is 1. The van der Waals surface area contributed by atoms with Gasteiger partial charge in [-0.25, -0.2) is 0 Å². The van der Waals surface area contributed by atoms with E-state index in [9.17, 15) is 29.1 Å². The number of aliphatic hydroxyl groups is 1. The number of hydrogen-bond donors (Lipinski definition) is 1. The third-order valence-electron chi connectivity index (χ3n) is 9.05. The van der Waals surface area contributed by atoms with Crippen molar-refractivity contribution in [3.8, 4) is 0 Å². The van der Waals surface area contributed by atoms with Gasteiger partial charge >= 0.3 is 23.9 Å². The van der Waals surface area contributed by atoms with Crippen LogP contribution in [0.2, 0.25) is 0 Å². The summed E-state index contributed by atoms with van der Waals surface area (Å²) < 4.78 is 23.0. The molecule has 1 fully saturated rings. The van der Waals surface area contributed by atoms with Gasteiger partial charge in [-0.1, -0.05) is 18.2 Å². The van der Waals surface area contributed by atoms with Crippen LogP contribution in [0.25, 0.3) is 0 Å². The number of hydrogen-bond acceptors (Lipinski definition) is 14. The zero-order chi connectivity index (χ0) is 44.8. The van der Waals surface area contributed by atoms with Crippen LogP contribution in [0.5, 0.6) is 0 Å². The fourth-order valence-corrected chi connectivity index (χ4v) is 6.52. The summed E-state index contributed by atoms with van der Waals surface area (Å²) in [6.07, 6.45) is 0.676. The van der Waals surface area contributed by atoms with Gasteiger partial charge in [0.25, 0.3) is 5.91 Å². The van der Waals surface area contributed by atoms with E-state index in [2.05, 4.69) is 0 Å². The van der Waals surface area contributed by atoms with Gasteiger partial charge in [0.15, 0.2) is 0 Å². The minimum absolute atomic E-state index is 0.0142. The maximum absolute atomic E-state index is 14.1. The number of aryl methyl sites for hydroxylation is 1. The van der Waals surface area contributed by atoms with Gasteiger partial charge in [0.2, 0.25) is 0 Å². The minimum atomic E-state index is -0.789. The van der Waals surface area contributed by atoms with Crippen molar-refractivity contribution in [2.75, 3.05) is 85.3 Å². The molecule has 0 radical (unpaired) electrons. The third-order valence-corrected chi connectivity index (χ3v) is 9.05. The van der Waals surface area contributed by atoms with Gasteiger partial charge in [0, 0.05) is 64.5 Å². The number of rotatable bonds is 14. The van der Waals surface area contributed by atoms with Crippen molar-refractivity contribution >= 4 is 29.8 Å². The Bertz CT molecular complexity index is 1480. The molecule has 15 heteroatoms. The van der Waals surface area contributed by atoms with Gasteiger partial charge in [-0.05, 0) is 114 Å². The number of amides is 1. The molecule has 0 saturated carbocycles. The summed E-state index contributed by atoms with van der Waals surface area (Å²) in [5, 5.41) is 10.2. The van der Waals surface area contributed by atoms with Crippen LogP contribution in [0.1, 0.15) is 112 Å². The average Bonchev–Trinajstić information content (AvgIpc) is 3.05. The van der Waals surface area contributed by atoms with E-state index in [-0.39, 0.29) is 38.1 Å². The summed E-state index contributed by atoms with van der Waals surface area (Å²) in [6, 6.07) is 6.43. The van der Waals surface area contributed by atoms with E-state index in [1.54, 1.807) is 32.9 Å². The molecule has 0 spiro atoms. The Morgan fingerprint density at radius 3 is 1.34 bits per heavy atom. The lowest BCUT2D eigenvalue weighted by Gasteiger charge is -2.37. The number of carbonyl (C=O) groups excluding carboxylic acids is 5. The topological polar surface area (TPSA) is 159 Å². The van der Waals surface area contributed by atoms with E-state index < -0.39 is 53.1 Å². The SMILES string of the molecule is Cc1ccccc1C(=O)N(CO)CCCC(C(=O)OC(C)(C)C)N1CCN(CC(=O)OC(C)(C)C)CCN(CC(=O)OC(C)(C)C)CCN(CC(=O)OC(C)(C)C)CC1. The molecular formula is C44H75N5O10. The summed E-state index contributed by atoms with van der Waals surface area (Å²) in [7, 11) is 0. The van der Waals surface area contributed by atoms with Crippen molar-refractivity contribution in [2.24, 2.45) is 0 Å². The first-order valence-corrected chi connectivity index (χ1v) is 20.9. The van der Waals surface area contributed by atoms with E-state index in [4.69, 9.17) is 18.9 Å². The van der Waals surface area contributed by atoms with Crippen LogP contribution in [-0.2, 0) is 38.1 Å². The van der Waals surface area contributed by atoms with Crippen LogP contribution in [0, 0.1) is 6.92 Å². The van der Waals surface area contributed by atoms with Gasteiger partial charge in [0.1, 0.15) is 35.2 Å². The fourth-order valence-electron chi connectivity index (χ4n) is 6.52. The summed E-state index contributed by atoms with van der Waals surface area (Å²) in [5.41, 5.74) is -1.56. The predicted molar refractivity (Wildman–Crippen MR) is 227 cm³/mol. The highest BCUT2D eigenvalue weighted by Crippen LogP contribution is 2.19. The van der Waals surface area contributed by atoms with Gasteiger partial charge < -0.3 is 29.0 Å². The Morgan fingerprint density at radius 2 is 0.983 bits per heavy atom. The molecule has 15 nitrogen and oxygen atoms in total. The second-order valence-corrected chi connectivity index (χ2v) is 19.3. The Morgan fingerprint density at radius 1 is 0.610 bits per heavy atom. The Labute approximate surface area is 353 Å². The van der Waals surface area contributed by atoms with Crippen molar-refractivity contribution in [1.82, 2.24) is 24.5 Å². The molecule has 1 aliphatic heterocycles. The second kappa shape index (κ2) is 22.8. The number of carbonyl (C=O) groups is 5. The van der Waals surface area contributed by atoms with Crippen LogP contribution >= 0.6 is 0 Å². The second-order valence-electron chi connectivity index (χ2n) is 19.3. The molecule has 1 heterocycles. The van der Waals surface area contributed by atoms with E-state index in [1.807, 2.05) is 101 Å². The lowest BCUT2D eigenvalue weighted by molar-refractivity contribution is -0.163. The molecule has 1 amide bonds. The summed E-state index contributed by atoms with van der Waals surface area (Å²) >= 11 is 0. The molecule has 1 aliphatic rings. The molecule has 1 aromatic rings. The molecule has 1 aromatic carbocycles. The lowest BCUT2D eigenvalue weighted by atomic mass is 10.1. The smallest absolute Gasteiger partial charge is 0.323 e. The quantitative estimate of drug-likeness (QED) is 0.162. The van der Waals surface area contributed by atoms with E-state index in [1.165, 1.54) is 4.90 Å². The van der Waals surface area contributed by atoms with Crippen LogP contribution in [0.3, 0.4) is 0 Å². The predicted octanol–water partition coefficient (Wildman–Crippen LogP) is 4.12. The van der Waals surface area contributed by atoms with Gasteiger partial charge in [-0.2, -0.15) is 0 Å². The number of nitrogens with zero attached hydrogens (tertiary/aromatic N) is 5. The molecule has 0 bridgehead atoms. The highest BCUT2D eigenvalue weighted by Gasteiger charge is 2.33. The van der Waals surface area contributed by atoms with Crippen LogP contribution in [-0.4, -0.2) is 173 Å². The molecule has 2 rings (SSSR count). The molecule has 1 atom stereocenters. The molecule has 1 unspecified atom stereocenters. The zero-order valence-electron chi connectivity index (χ0n) is 38.4. The summed E-state index contributed by atoms with van der Waals surface area (Å²) in [5.74, 6) is -1.92. The Hall–Kier alpha value is -3.63. The van der Waals surface area contributed by atoms with Crippen molar-refractivity contribution in [1.29, 1.82) is 0 Å². The molecule has 0 aromatic heterocycles. The molecule has 59 heavy (non-hydrogen) atoms. The molecular weight excluding hydrogens is 759 g/mol. The Kier molecular flexibility index (Phi) is 19.9. The first kappa shape index (κ1) is 51.5. The lowest BCUT2D eigenvalue weighted by Crippen LogP contribution is -2.53. The van der Waals surface area contributed by atoms with Crippen molar-refractivity contribution < 1.29 is 48.0 Å². The average molecular weight is 834 g/mol. The first-order chi connectivity index (χ1) is 27.1. The van der Waals surface area contributed by atoms with Crippen LogP contribution < -0.4 is 0 Å². The van der Waals surface area contributed by atoms with E-state index >= 15 is 0 Å². The van der Waals surface area contributed by atoms with Crippen LogP contribution in [0.4, 0.5) is 0 Å². The van der Waals surface area contributed by atoms with Gasteiger partial charge in [0.05, 0.1) is 19.6 Å². The van der Waals surface area contributed by atoms with Crippen molar-refractivity contribution in [3.63, 3.8) is 0 Å². The van der Waals surface area contributed by atoms with Gasteiger partial charge in [-0.15, -0.1) is 0 Å². The molecule has 1 N–H and O–H groups in total. The summed E-state index contributed by atoms with van der Waals surface area (Å²) in [6.45, 7) is 26.3. The highest BCUT2D eigenvalue weighted by atomic mass is 16.6. The number of aliphatic hydroxyl groups excluding tert-OH is 1. The fraction of sp³-hybridized carbons (Fsp3) is 0.750. The number of ether oxygens (including phenoxy) is 4. The minimum Gasteiger partial charge on any atom is -0.459 e. The van der Waals surface area contributed by atoms with E-state index in [0.717, 1.165) is 5.56 Å². The first-order valence-electron chi connectivity index (χ1n) is 20.9. The highest BCUT2D eigenvalue weighted by molar-refractivity contribution is 5.95. The van der Waals surface area contributed by atoms with Crippen molar-refractivity contribution in [2.45, 2.75) is 131 Å². The Balaban J connectivity index is 2.52. The summed E-state index contributed by atoms with van der Waals surface area (Å²) in [4.78, 5) is 76.3. The standard InChI is InChI=1S/C44H75N5O10/c1-33-17-14-15-18-34(33)39(54)49(32-50)20-16-19-35(40(55)59-44(11,12)13)48-27-25-46(30-37(52)57-42(5,6)7)23-21-45(29-36(51)56-41(2,3)4)22-24-47(26-28-48)31-38(53)58-43(8,9)10/h14-15,17-18,35,50H,16,19-32H2,1-13H3. The largest absolute Gasteiger partial charge is 0.459 e. The van der Waals surface area contributed by atoms with Crippen LogP contribution in [0.15, 0.2) is 24.3 Å². The molecule has 1 saturated heterocycles. The third kappa shape index (κ3) is 21.5. The van der Waals surface area contributed by atoms with Crippen molar-refractivity contribution in [3.05, 3.63) is 35.4 Å². The molecule has 0 aliphatic carbocycles. The zero-order valence-corrected chi connectivity index (χ0v) is 38.4. The van der Waals surface area contributed by atoms with E-state index in [0.29, 0.717) is 70.8 Å². The maximum atomic E-state index is 14.1.